The summed E-state index contributed by atoms with van der Waals surface area (Å²) in [6.45, 7) is 0.208. The predicted molar refractivity (Wildman–Crippen MR) is 206 cm³/mol. The molecule has 8 rings (SSSR count). The van der Waals surface area contributed by atoms with Gasteiger partial charge in [0, 0.05) is 42.7 Å². The third-order valence-corrected chi connectivity index (χ3v) is 8.42. The Balaban J connectivity index is 0.000000261. The van der Waals surface area contributed by atoms with Crippen molar-refractivity contribution in [2.24, 2.45) is 0 Å². The molecule has 17 nitrogen and oxygen atoms in total. The first-order valence-electron chi connectivity index (χ1n) is 15.9. The minimum Gasteiger partial charge on any atom is -1.00 e. The Hall–Kier alpha value is -2.57. The van der Waals surface area contributed by atoms with Crippen molar-refractivity contribution in [1.29, 1.82) is 0 Å². The molecule has 0 radical (unpaired) electrons. The van der Waals surface area contributed by atoms with E-state index in [1.807, 2.05) is 103 Å². The molecule has 280 valence electrons. The minimum atomic E-state index is 0. The van der Waals surface area contributed by atoms with E-state index in [1.165, 1.54) is 43.3 Å². The van der Waals surface area contributed by atoms with E-state index in [4.69, 9.17) is 9.78 Å². The molecule has 0 atom stereocenters. The number of hydrogen-bond donors (Lipinski definition) is 1. The van der Waals surface area contributed by atoms with E-state index in [1.54, 1.807) is 27.5 Å². The second-order valence-corrected chi connectivity index (χ2v) is 12.1. The van der Waals surface area contributed by atoms with Gasteiger partial charge in [-0.3, -0.25) is 9.69 Å². The molecule has 0 fully saturated rings. The van der Waals surface area contributed by atoms with E-state index in [2.05, 4.69) is 60.2 Å². The first-order chi connectivity index (χ1) is 26.5. The monoisotopic (exact) mass is 965 g/mol. The summed E-state index contributed by atoms with van der Waals surface area (Å²) >= 11 is 2.98. The van der Waals surface area contributed by atoms with Crippen molar-refractivity contribution in [1.82, 2.24) is 59.1 Å². The maximum atomic E-state index is 9.06. The van der Waals surface area contributed by atoms with Crippen LogP contribution in [-0.2, 0) is 14.6 Å². The van der Waals surface area contributed by atoms with Gasteiger partial charge >= 0.3 is 109 Å². The fraction of sp³-hybridized carbons (Fsp3) is 0.114. The molecule has 0 aliphatic carbocycles. The Bertz CT molecular complexity index is 2450. The number of thioether (sulfide) groups is 2. The van der Waals surface area contributed by atoms with Crippen LogP contribution >= 0.6 is 23.5 Å². The number of halogens is 1. The van der Waals surface area contributed by atoms with Gasteiger partial charge in [0.1, 0.15) is 24.3 Å². The SMILES string of the molecule is COOC=O.CSc1nccc(N(C)c2nc(-c3ccccc3)cc3ncnn23)n1.CSc1nccc(Nc2nc(-c3ccccc3)cc3ncnn23)n1.[I-].[K+].[K+]. The van der Waals surface area contributed by atoms with Crippen LogP contribution in [0, 0.1) is 0 Å². The molecule has 0 aliphatic rings. The standard InChI is InChI=1S/C17H15N7S.C16H13N7S.C2H4O3.HI.2K/c1-23(14-8-9-18-16(22-14)25-2)17-21-13(12-6-4-3-5-7-12)10-15-19-11-20-24(15)17;1-24-16-17-8-7-13(22-16)21-15-20-12(11-5-3-2-4-6-11)9-14-18-10-19-23(14)15;1-4-5-2-3;;;/h3-11H,1-2H3;2-10H,1H3,(H,17,20,21,22);2H,1H3;1H;;/q;;;;2*+1/p-1. The fourth-order valence-electron chi connectivity index (χ4n) is 4.83. The van der Waals surface area contributed by atoms with E-state index in [9.17, 15) is 0 Å². The Morgan fingerprint density at radius 3 is 1.81 bits per heavy atom. The van der Waals surface area contributed by atoms with Crippen molar-refractivity contribution in [2.75, 3.05) is 36.9 Å². The van der Waals surface area contributed by atoms with Gasteiger partial charge in [0.2, 0.25) is 11.9 Å². The first kappa shape index (κ1) is 48.8. The number of rotatable bonds is 10. The van der Waals surface area contributed by atoms with Crippen LogP contribution in [0.2, 0.25) is 0 Å². The molecule has 8 aromatic rings. The minimum absolute atomic E-state index is 0. The molecule has 0 saturated carbocycles. The van der Waals surface area contributed by atoms with Gasteiger partial charge in [-0.15, -0.1) is 0 Å². The number of fused-ring (bicyclic) bond motifs is 2. The predicted octanol–water partition coefficient (Wildman–Crippen LogP) is -3.15. The van der Waals surface area contributed by atoms with Crippen molar-refractivity contribution in [2.45, 2.75) is 10.3 Å². The van der Waals surface area contributed by atoms with E-state index in [0.29, 0.717) is 33.7 Å². The molecule has 57 heavy (non-hydrogen) atoms. The number of carbonyl (C=O) groups excluding carboxylic acids is 1. The molecule has 0 bridgehead atoms. The van der Waals surface area contributed by atoms with Crippen molar-refractivity contribution >= 4 is 64.8 Å². The average Bonchev–Trinajstić information content (AvgIpc) is 3.92. The summed E-state index contributed by atoms with van der Waals surface area (Å²) < 4.78 is 3.35. The van der Waals surface area contributed by atoms with E-state index >= 15 is 0 Å². The molecule has 2 aromatic carbocycles. The zero-order valence-corrected chi connectivity index (χ0v) is 41.7. The molecular formula is C35H32IK2N14O3S2+. The second kappa shape index (κ2) is 25.1. The third kappa shape index (κ3) is 13.2. The first-order valence-corrected chi connectivity index (χ1v) is 18.4. The van der Waals surface area contributed by atoms with Gasteiger partial charge in [0.15, 0.2) is 21.6 Å². The van der Waals surface area contributed by atoms with Crippen LogP contribution in [0.15, 0.2) is 120 Å². The number of nitrogens with zero attached hydrogens (tertiary/aromatic N) is 13. The van der Waals surface area contributed by atoms with Crippen molar-refractivity contribution < 1.29 is 141 Å². The quantitative estimate of drug-likeness (QED) is 0.0275. The number of aromatic nitrogens is 12. The van der Waals surface area contributed by atoms with Crippen LogP contribution in [0.4, 0.5) is 23.5 Å². The van der Waals surface area contributed by atoms with E-state index < -0.39 is 0 Å². The Labute approximate surface area is 438 Å². The summed E-state index contributed by atoms with van der Waals surface area (Å²) in [5.41, 5.74) is 5.13. The van der Waals surface area contributed by atoms with Crippen molar-refractivity contribution in [3.63, 3.8) is 0 Å². The van der Waals surface area contributed by atoms with Gasteiger partial charge in [0.25, 0.3) is 0 Å². The molecule has 1 N–H and O–H groups in total. The summed E-state index contributed by atoms with van der Waals surface area (Å²) in [5, 5.41) is 13.1. The number of anilines is 4. The van der Waals surface area contributed by atoms with Crippen LogP contribution in [-0.4, -0.2) is 92.2 Å². The number of carbonyl (C=O) groups is 1. The van der Waals surface area contributed by atoms with Gasteiger partial charge in [-0.05, 0) is 24.6 Å². The molecule has 22 heteroatoms. The van der Waals surface area contributed by atoms with Crippen LogP contribution in [0.1, 0.15) is 0 Å². The van der Waals surface area contributed by atoms with Crippen LogP contribution in [0.5, 0.6) is 0 Å². The Kier molecular flexibility index (Phi) is 21.5. The summed E-state index contributed by atoms with van der Waals surface area (Å²) in [6, 6.07) is 27.4. The smallest absolute Gasteiger partial charge is 1.00 e. The Morgan fingerprint density at radius 1 is 0.702 bits per heavy atom. The molecule has 0 spiro atoms. The average molecular weight is 966 g/mol. The summed E-state index contributed by atoms with van der Waals surface area (Å²) in [5.74, 6) is 2.59. The van der Waals surface area contributed by atoms with Gasteiger partial charge in [-0.2, -0.15) is 24.1 Å². The van der Waals surface area contributed by atoms with Crippen LogP contribution in [0.25, 0.3) is 33.8 Å². The van der Waals surface area contributed by atoms with E-state index in [-0.39, 0.29) is 133 Å². The third-order valence-electron chi connectivity index (χ3n) is 7.29. The summed E-state index contributed by atoms with van der Waals surface area (Å²) in [4.78, 5) is 53.8. The molecule has 0 aliphatic heterocycles. The Morgan fingerprint density at radius 2 is 1.25 bits per heavy atom. The molecule has 0 unspecified atom stereocenters. The number of hydrogen-bond acceptors (Lipinski definition) is 17. The molecular weight excluding hydrogens is 934 g/mol. The topological polar surface area (TPSA) is 189 Å². The van der Waals surface area contributed by atoms with Gasteiger partial charge in [-0.25, -0.2) is 39.9 Å². The second-order valence-electron chi connectivity index (χ2n) is 10.6. The van der Waals surface area contributed by atoms with E-state index in [0.717, 1.165) is 34.0 Å². The normalized spacial score (nSPS) is 9.96. The van der Waals surface area contributed by atoms with Gasteiger partial charge < -0.3 is 34.2 Å². The molecule has 0 saturated heterocycles. The summed E-state index contributed by atoms with van der Waals surface area (Å²) in [6.07, 6.45) is 10.4. The molecule has 6 aromatic heterocycles. The van der Waals surface area contributed by atoms with Crippen LogP contribution in [0.3, 0.4) is 0 Å². The van der Waals surface area contributed by atoms with Crippen molar-refractivity contribution in [3.8, 4) is 22.5 Å². The number of benzene rings is 2. The number of nitrogens with one attached hydrogen (secondary N) is 1. The van der Waals surface area contributed by atoms with Crippen molar-refractivity contribution in [3.05, 3.63) is 110 Å². The zero-order chi connectivity index (χ0) is 37.7. The maximum absolute atomic E-state index is 9.06. The van der Waals surface area contributed by atoms with Gasteiger partial charge in [0.05, 0.1) is 18.5 Å². The maximum Gasteiger partial charge on any atom is 1.00 e. The molecule has 0 amide bonds. The largest absolute Gasteiger partial charge is 1.00 e. The fourth-order valence-corrected chi connectivity index (χ4v) is 5.54. The summed E-state index contributed by atoms with van der Waals surface area (Å²) in [7, 11) is 3.17. The van der Waals surface area contributed by atoms with Gasteiger partial charge in [-0.1, -0.05) is 84.2 Å². The molecule has 6 heterocycles. The zero-order valence-electron chi connectivity index (χ0n) is 31.7. The van der Waals surface area contributed by atoms with Crippen LogP contribution < -0.4 is 137 Å².